The van der Waals surface area contributed by atoms with E-state index in [1.165, 1.54) is 12.1 Å². The zero-order valence-electron chi connectivity index (χ0n) is 14.3. The highest BCUT2D eigenvalue weighted by molar-refractivity contribution is 6.02. The van der Waals surface area contributed by atoms with E-state index < -0.39 is 5.91 Å². The van der Waals surface area contributed by atoms with Crippen LogP contribution in [0.25, 0.3) is 22.7 Å². The maximum Gasteiger partial charge on any atom is 0.291 e. The third kappa shape index (κ3) is 3.45. The number of halogens is 1. The molecular weight excluding hydrogens is 349 g/mol. The van der Waals surface area contributed by atoms with Gasteiger partial charge in [0.2, 0.25) is 0 Å². The van der Waals surface area contributed by atoms with Crippen molar-refractivity contribution in [1.82, 2.24) is 20.2 Å². The molecule has 0 unspecified atom stereocenters. The molecule has 0 saturated heterocycles. The fraction of sp³-hybridized carbons (Fsp3) is 0.0526. The number of nitrogens with zero attached hydrogens (tertiary/aromatic N) is 4. The fourth-order valence-corrected chi connectivity index (χ4v) is 2.63. The number of benzene rings is 2. The van der Waals surface area contributed by atoms with Crippen molar-refractivity contribution in [2.45, 2.75) is 0 Å². The number of hydrogen-bond acceptors (Lipinski definition) is 5. The van der Waals surface area contributed by atoms with Crippen molar-refractivity contribution in [2.24, 2.45) is 7.05 Å². The van der Waals surface area contributed by atoms with Crippen molar-refractivity contribution < 1.29 is 13.6 Å². The first-order chi connectivity index (χ1) is 13.1. The standard InChI is InChI=1S/C19H14FN5O2/c1-25-18(22-23-24-25)13-3-2-4-15(11-13)21-19(26)17-10-9-16(27-17)12-5-7-14(20)8-6-12/h2-11H,1H3,(H,21,26). The quantitative estimate of drug-likeness (QED) is 0.599. The Morgan fingerprint density at radius 2 is 1.89 bits per heavy atom. The highest BCUT2D eigenvalue weighted by Gasteiger charge is 2.14. The zero-order valence-corrected chi connectivity index (χ0v) is 14.3. The predicted molar refractivity (Wildman–Crippen MR) is 96.3 cm³/mol. The van der Waals surface area contributed by atoms with Crippen LogP contribution in [0.2, 0.25) is 0 Å². The predicted octanol–water partition coefficient (Wildman–Crippen LogP) is 3.53. The lowest BCUT2D eigenvalue weighted by molar-refractivity contribution is 0.0997. The van der Waals surface area contributed by atoms with Crippen LogP contribution in [0.5, 0.6) is 0 Å². The molecule has 134 valence electrons. The van der Waals surface area contributed by atoms with Crippen LogP contribution in [0.1, 0.15) is 10.6 Å². The van der Waals surface area contributed by atoms with E-state index >= 15 is 0 Å². The summed E-state index contributed by atoms with van der Waals surface area (Å²) in [6.07, 6.45) is 0. The van der Waals surface area contributed by atoms with Gasteiger partial charge in [0.15, 0.2) is 11.6 Å². The van der Waals surface area contributed by atoms with Gasteiger partial charge in [0, 0.05) is 23.9 Å². The molecule has 1 amide bonds. The maximum atomic E-state index is 13.0. The molecule has 0 atom stereocenters. The highest BCUT2D eigenvalue weighted by Crippen LogP contribution is 2.24. The molecule has 0 aliphatic rings. The highest BCUT2D eigenvalue weighted by atomic mass is 19.1. The van der Waals surface area contributed by atoms with Gasteiger partial charge in [-0.2, -0.15) is 0 Å². The molecule has 4 rings (SSSR count). The summed E-state index contributed by atoms with van der Waals surface area (Å²) in [7, 11) is 1.74. The Bertz CT molecular complexity index is 1100. The molecule has 8 heteroatoms. The Labute approximate surface area is 153 Å². The largest absolute Gasteiger partial charge is 0.451 e. The van der Waals surface area contributed by atoms with Crippen molar-refractivity contribution in [2.75, 3.05) is 5.32 Å². The lowest BCUT2D eigenvalue weighted by Gasteiger charge is -2.05. The summed E-state index contributed by atoms with van der Waals surface area (Å²) >= 11 is 0. The molecule has 2 aromatic heterocycles. The van der Waals surface area contributed by atoms with Gasteiger partial charge < -0.3 is 9.73 Å². The molecule has 0 bridgehead atoms. The van der Waals surface area contributed by atoms with Crippen LogP contribution >= 0.6 is 0 Å². The van der Waals surface area contributed by atoms with Crippen LogP contribution in [-0.4, -0.2) is 26.1 Å². The van der Waals surface area contributed by atoms with Gasteiger partial charge in [0.25, 0.3) is 5.91 Å². The molecule has 0 aliphatic carbocycles. The van der Waals surface area contributed by atoms with Crippen LogP contribution < -0.4 is 5.32 Å². The third-order valence-corrected chi connectivity index (χ3v) is 3.96. The molecular formula is C19H14FN5O2. The van der Waals surface area contributed by atoms with E-state index in [0.717, 1.165) is 5.56 Å². The second kappa shape index (κ2) is 6.83. The molecule has 0 fully saturated rings. The number of hydrogen-bond donors (Lipinski definition) is 1. The minimum Gasteiger partial charge on any atom is -0.451 e. The number of aryl methyl sites for hydroxylation is 1. The SMILES string of the molecule is Cn1nnnc1-c1cccc(NC(=O)c2ccc(-c3ccc(F)cc3)o2)c1. The molecule has 0 saturated carbocycles. The monoisotopic (exact) mass is 363 g/mol. The Hall–Kier alpha value is -3.81. The van der Waals surface area contributed by atoms with Crippen molar-refractivity contribution in [3.8, 4) is 22.7 Å². The van der Waals surface area contributed by atoms with E-state index in [0.29, 0.717) is 22.8 Å². The zero-order chi connectivity index (χ0) is 18.8. The van der Waals surface area contributed by atoms with Gasteiger partial charge in [-0.1, -0.05) is 12.1 Å². The number of rotatable bonds is 4. The fourth-order valence-electron chi connectivity index (χ4n) is 2.63. The Morgan fingerprint density at radius 3 is 2.63 bits per heavy atom. The number of anilines is 1. The number of carbonyl (C=O) groups excluding carboxylic acids is 1. The summed E-state index contributed by atoms with van der Waals surface area (Å²) < 4.78 is 20.2. The Balaban J connectivity index is 1.53. The van der Waals surface area contributed by atoms with E-state index in [1.807, 2.05) is 6.07 Å². The number of nitrogens with one attached hydrogen (secondary N) is 1. The number of tetrazole rings is 1. The molecule has 4 aromatic rings. The number of furan rings is 1. The summed E-state index contributed by atoms with van der Waals surface area (Å²) in [5.74, 6) is 0.500. The molecule has 0 aliphatic heterocycles. The van der Waals surface area contributed by atoms with Crippen molar-refractivity contribution in [1.29, 1.82) is 0 Å². The Kier molecular flexibility index (Phi) is 4.21. The van der Waals surface area contributed by atoms with Crippen LogP contribution in [0.3, 0.4) is 0 Å². The minimum absolute atomic E-state index is 0.153. The molecule has 0 radical (unpaired) electrons. The summed E-state index contributed by atoms with van der Waals surface area (Å²) in [6.45, 7) is 0. The number of carbonyl (C=O) groups is 1. The lowest BCUT2D eigenvalue weighted by Crippen LogP contribution is -2.10. The van der Waals surface area contributed by atoms with Crippen LogP contribution in [-0.2, 0) is 7.05 Å². The topological polar surface area (TPSA) is 85.8 Å². The first kappa shape index (κ1) is 16.6. The van der Waals surface area contributed by atoms with Gasteiger partial charge in [-0.25, -0.2) is 9.07 Å². The molecule has 7 nitrogen and oxygen atoms in total. The van der Waals surface area contributed by atoms with E-state index in [4.69, 9.17) is 4.42 Å². The van der Waals surface area contributed by atoms with Crippen LogP contribution in [0.15, 0.2) is 65.1 Å². The summed E-state index contributed by atoms with van der Waals surface area (Å²) in [6, 6.07) is 16.3. The molecule has 1 N–H and O–H groups in total. The second-order valence-corrected chi connectivity index (χ2v) is 5.83. The summed E-state index contributed by atoms with van der Waals surface area (Å²) in [5.41, 5.74) is 2.04. The second-order valence-electron chi connectivity index (χ2n) is 5.83. The van der Waals surface area contributed by atoms with Crippen molar-refractivity contribution in [3.05, 3.63) is 72.2 Å². The van der Waals surface area contributed by atoms with Gasteiger partial charge in [-0.3, -0.25) is 4.79 Å². The van der Waals surface area contributed by atoms with Gasteiger partial charge in [0.05, 0.1) is 0 Å². The number of aromatic nitrogens is 4. The van der Waals surface area contributed by atoms with E-state index in [1.54, 1.807) is 54.2 Å². The van der Waals surface area contributed by atoms with Gasteiger partial charge in [-0.05, 0) is 59.0 Å². The van der Waals surface area contributed by atoms with Gasteiger partial charge >= 0.3 is 0 Å². The first-order valence-electron chi connectivity index (χ1n) is 8.10. The third-order valence-electron chi connectivity index (χ3n) is 3.96. The van der Waals surface area contributed by atoms with E-state index in [9.17, 15) is 9.18 Å². The normalized spacial score (nSPS) is 10.7. The van der Waals surface area contributed by atoms with Crippen LogP contribution in [0, 0.1) is 5.82 Å². The summed E-state index contributed by atoms with van der Waals surface area (Å²) in [5, 5.41) is 14.1. The average molecular weight is 363 g/mol. The maximum absolute atomic E-state index is 13.0. The summed E-state index contributed by atoms with van der Waals surface area (Å²) in [4.78, 5) is 12.5. The minimum atomic E-state index is -0.392. The van der Waals surface area contributed by atoms with Crippen molar-refractivity contribution in [3.63, 3.8) is 0 Å². The molecule has 2 heterocycles. The average Bonchev–Trinajstić information content (AvgIpc) is 3.32. The van der Waals surface area contributed by atoms with Crippen LogP contribution in [0.4, 0.5) is 10.1 Å². The van der Waals surface area contributed by atoms with E-state index in [2.05, 4.69) is 20.8 Å². The lowest BCUT2D eigenvalue weighted by atomic mass is 10.2. The smallest absolute Gasteiger partial charge is 0.291 e. The molecule has 0 spiro atoms. The van der Waals surface area contributed by atoms with Gasteiger partial charge in [-0.15, -0.1) is 5.10 Å². The number of amides is 1. The first-order valence-corrected chi connectivity index (χ1v) is 8.10. The van der Waals surface area contributed by atoms with Crippen molar-refractivity contribution >= 4 is 11.6 Å². The van der Waals surface area contributed by atoms with E-state index in [-0.39, 0.29) is 11.6 Å². The Morgan fingerprint density at radius 1 is 1.07 bits per heavy atom. The van der Waals surface area contributed by atoms with Gasteiger partial charge in [0.1, 0.15) is 11.6 Å². The molecule has 2 aromatic carbocycles. The molecule has 27 heavy (non-hydrogen) atoms.